The SMILES string of the molecule is CN1CCCC(CN2C(=O)C(N)c3c(F)cc(F)cc32)C1. The molecule has 2 atom stereocenters. The first-order valence-electron chi connectivity index (χ1n) is 7.22. The summed E-state index contributed by atoms with van der Waals surface area (Å²) in [6.07, 6.45) is 2.08. The Morgan fingerprint density at radius 1 is 1.38 bits per heavy atom. The van der Waals surface area contributed by atoms with Gasteiger partial charge in [0.1, 0.15) is 17.7 Å². The van der Waals surface area contributed by atoms with Crippen molar-refractivity contribution in [1.82, 2.24) is 4.90 Å². The number of fused-ring (bicyclic) bond motifs is 1. The van der Waals surface area contributed by atoms with Crippen molar-refractivity contribution in [3.63, 3.8) is 0 Å². The summed E-state index contributed by atoms with van der Waals surface area (Å²) < 4.78 is 27.3. The van der Waals surface area contributed by atoms with Crippen LogP contribution in [0.5, 0.6) is 0 Å². The largest absolute Gasteiger partial charge is 0.316 e. The van der Waals surface area contributed by atoms with Crippen LogP contribution < -0.4 is 10.6 Å². The molecule has 3 rings (SSSR count). The first-order valence-corrected chi connectivity index (χ1v) is 7.22. The molecule has 2 unspecified atom stereocenters. The molecular weight excluding hydrogens is 276 g/mol. The molecular formula is C15H19F2N3O. The Morgan fingerprint density at radius 3 is 2.86 bits per heavy atom. The maximum absolute atomic E-state index is 13.9. The number of halogens is 2. The molecule has 1 amide bonds. The second kappa shape index (κ2) is 5.35. The summed E-state index contributed by atoms with van der Waals surface area (Å²) >= 11 is 0. The van der Waals surface area contributed by atoms with Crippen LogP contribution in [0.15, 0.2) is 12.1 Å². The van der Waals surface area contributed by atoms with Gasteiger partial charge >= 0.3 is 0 Å². The van der Waals surface area contributed by atoms with Crippen molar-refractivity contribution in [1.29, 1.82) is 0 Å². The van der Waals surface area contributed by atoms with Crippen molar-refractivity contribution in [2.24, 2.45) is 11.7 Å². The number of hydrogen-bond donors (Lipinski definition) is 1. The van der Waals surface area contributed by atoms with E-state index in [1.54, 1.807) is 0 Å². The molecule has 0 bridgehead atoms. The third-order valence-electron chi connectivity index (χ3n) is 4.37. The molecule has 2 aliphatic rings. The highest BCUT2D eigenvalue weighted by Crippen LogP contribution is 2.38. The Labute approximate surface area is 122 Å². The van der Waals surface area contributed by atoms with E-state index < -0.39 is 17.7 Å². The van der Waals surface area contributed by atoms with Gasteiger partial charge in [-0.2, -0.15) is 0 Å². The van der Waals surface area contributed by atoms with Crippen LogP contribution in [0.1, 0.15) is 24.4 Å². The van der Waals surface area contributed by atoms with E-state index in [0.717, 1.165) is 32.0 Å². The number of nitrogens with zero attached hydrogens (tertiary/aromatic N) is 2. The van der Waals surface area contributed by atoms with E-state index in [1.807, 2.05) is 7.05 Å². The maximum Gasteiger partial charge on any atom is 0.248 e. The second-order valence-corrected chi connectivity index (χ2v) is 6.02. The van der Waals surface area contributed by atoms with E-state index in [9.17, 15) is 13.6 Å². The lowest BCUT2D eigenvalue weighted by Crippen LogP contribution is -2.41. The van der Waals surface area contributed by atoms with Crippen molar-refractivity contribution in [3.05, 3.63) is 29.3 Å². The van der Waals surface area contributed by atoms with Gasteiger partial charge in [0.25, 0.3) is 0 Å². The summed E-state index contributed by atoms with van der Waals surface area (Å²) in [6.45, 7) is 2.39. The highest BCUT2D eigenvalue weighted by molar-refractivity contribution is 6.04. The molecule has 0 spiro atoms. The number of anilines is 1. The topological polar surface area (TPSA) is 49.6 Å². The number of carbonyl (C=O) groups excluding carboxylic acids is 1. The van der Waals surface area contributed by atoms with Crippen LogP contribution in [0.25, 0.3) is 0 Å². The number of nitrogens with two attached hydrogens (primary N) is 1. The lowest BCUT2D eigenvalue weighted by molar-refractivity contribution is -0.119. The van der Waals surface area contributed by atoms with Gasteiger partial charge in [-0.3, -0.25) is 4.79 Å². The molecule has 0 radical (unpaired) electrons. The molecule has 0 aliphatic carbocycles. The number of benzene rings is 1. The van der Waals surface area contributed by atoms with Crippen LogP contribution in [-0.2, 0) is 4.79 Å². The molecule has 1 aromatic carbocycles. The number of likely N-dealkylation sites (tertiary alicyclic amines) is 1. The van der Waals surface area contributed by atoms with Gasteiger partial charge in [-0.05, 0) is 38.4 Å². The number of carbonyl (C=O) groups is 1. The Balaban J connectivity index is 1.88. The van der Waals surface area contributed by atoms with Crippen LogP contribution in [0.3, 0.4) is 0 Å². The second-order valence-electron chi connectivity index (χ2n) is 6.02. The molecule has 1 fully saturated rings. The molecule has 1 aromatic rings. The van der Waals surface area contributed by atoms with E-state index in [4.69, 9.17) is 5.73 Å². The van der Waals surface area contributed by atoms with Crippen molar-refractivity contribution >= 4 is 11.6 Å². The van der Waals surface area contributed by atoms with E-state index in [1.165, 1.54) is 11.0 Å². The predicted molar refractivity (Wildman–Crippen MR) is 75.9 cm³/mol. The fourth-order valence-corrected chi connectivity index (χ4v) is 3.38. The highest BCUT2D eigenvalue weighted by atomic mass is 19.1. The quantitative estimate of drug-likeness (QED) is 0.902. The number of rotatable bonds is 2. The van der Waals surface area contributed by atoms with Gasteiger partial charge in [0.2, 0.25) is 5.91 Å². The smallest absolute Gasteiger partial charge is 0.248 e. The Morgan fingerprint density at radius 2 is 2.14 bits per heavy atom. The zero-order valence-electron chi connectivity index (χ0n) is 12.0. The third-order valence-corrected chi connectivity index (χ3v) is 4.37. The summed E-state index contributed by atoms with van der Waals surface area (Å²) in [6, 6.07) is 0.960. The van der Waals surface area contributed by atoms with Gasteiger partial charge in [0.15, 0.2) is 0 Å². The summed E-state index contributed by atoms with van der Waals surface area (Å²) in [4.78, 5) is 15.9. The average molecular weight is 295 g/mol. The molecule has 0 saturated carbocycles. The lowest BCUT2D eigenvalue weighted by Gasteiger charge is -2.32. The monoisotopic (exact) mass is 295 g/mol. The first-order chi connectivity index (χ1) is 9.97. The van der Waals surface area contributed by atoms with Crippen LogP contribution in [-0.4, -0.2) is 37.5 Å². The van der Waals surface area contributed by atoms with Gasteiger partial charge in [0, 0.05) is 24.7 Å². The van der Waals surface area contributed by atoms with E-state index in [-0.39, 0.29) is 11.5 Å². The maximum atomic E-state index is 13.9. The van der Waals surface area contributed by atoms with E-state index in [2.05, 4.69) is 4.90 Å². The molecule has 2 N–H and O–H groups in total. The molecule has 1 saturated heterocycles. The zero-order valence-corrected chi connectivity index (χ0v) is 12.0. The normalized spacial score (nSPS) is 26.3. The average Bonchev–Trinajstić information content (AvgIpc) is 2.64. The molecule has 4 nitrogen and oxygen atoms in total. The summed E-state index contributed by atoms with van der Waals surface area (Å²) in [5, 5.41) is 0. The zero-order chi connectivity index (χ0) is 15.1. The number of hydrogen-bond acceptors (Lipinski definition) is 3. The van der Waals surface area contributed by atoms with Gasteiger partial charge in [-0.15, -0.1) is 0 Å². The lowest BCUT2D eigenvalue weighted by atomic mass is 9.98. The van der Waals surface area contributed by atoms with Crippen molar-refractivity contribution in [3.8, 4) is 0 Å². The molecule has 2 aliphatic heterocycles. The molecule has 114 valence electrons. The van der Waals surface area contributed by atoms with Crippen molar-refractivity contribution < 1.29 is 13.6 Å². The van der Waals surface area contributed by atoms with Crippen LogP contribution in [0, 0.1) is 17.6 Å². The Hall–Kier alpha value is -1.53. The standard InChI is InChI=1S/C15H19F2N3O/c1-19-4-2-3-9(7-19)8-20-12-6-10(16)5-11(17)13(12)14(18)15(20)21/h5-6,9,14H,2-4,7-8,18H2,1H3. The van der Waals surface area contributed by atoms with Crippen LogP contribution >= 0.6 is 0 Å². The molecule has 0 aromatic heterocycles. The molecule has 21 heavy (non-hydrogen) atoms. The fraction of sp³-hybridized carbons (Fsp3) is 0.533. The molecule has 6 heteroatoms. The minimum atomic E-state index is -1.03. The van der Waals surface area contributed by atoms with E-state index >= 15 is 0 Å². The Kier molecular flexibility index (Phi) is 3.67. The predicted octanol–water partition coefficient (Wildman–Crippen LogP) is 1.65. The third kappa shape index (κ3) is 2.53. The Bertz CT molecular complexity index is 578. The summed E-state index contributed by atoms with van der Waals surface area (Å²) in [5.41, 5.74) is 6.21. The van der Waals surface area contributed by atoms with Gasteiger partial charge in [0.05, 0.1) is 5.69 Å². The first kappa shape index (κ1) is 14.4. The van der Waals surface area contributed by atoms with Gasteiger partial charge in [-0.1, -0.05) is 0 Å². The summed E-state index contributed by atoms with van der Waals surface area (Å²) in [5.74, 6) is -1.46. The number of piperidine rings is 1. The summed E-state index contributed by atoms with van der Waals surface area (Å²) in [7, 11) is 2.04. The number of amides is 1. The molecule has 2 heterocycles. The van der Waals surface area contributed by atoms with Crippen molar-refractivity contribution in [2.45, 2.75) is 18.9 Å². The minimum absolute atomic E-state index is 0.116. The van der Waals surface area contributed by atoms with Gasteiger partial charge in [-0.25, -0.2) is 8.78 Å². The highest BCUT2D eigenvalue weighted by Gasteiger charge is 2.39. The van der Waals surface area contributed by atoms with Crippen LogP contribution in [0.4, 0.5) is 14.5 Å². The van der Waals surface area contributed by atoms with E-state index in [0.29, 0.717) is 18.2 Å². The van der Waals surface area contributed by atoms with Crippen LogP contribution in [0.2, 0.25) is 0 Å². The van der Waals surface area contributed by atoms with Crippen molar-refractivity contribution in [2.75, 3.05) is 31.6 Å². The fourth-order valence-electron chi connectivity index (χ4n) is 3.38. The van der Waals surface area contributed by atoms with Gasteiger partial charge < -0.3 is 15.5 Å². The minimum Gasteiger partial charge on any atom is -0.316 e.